The van der Waals surface area contributed by atoms with Gasteiger partial charge in [-0.2, -0.15) is 0 Å². The topological polar surface area (TPSA) is 89.8 Å². The smallest absolute Gasteiger partial charge is 0.249 e. The summed E-state index contributed by atoms with van der Waals surface area (Å²) in [6.07, 6.45) is 48.5. The van der Waals surface area contributed by atoms with Crippen molar-refractivity contribution in [2.75, 3.05) is 6.61 Å². The van der Waals surface area contributed by atoms with Crippen molar-refractivity contribution in [1.82, 2.24) is 5.32 Å². The van der Waals surface area contributed by atoms with Crippen LogP contribution in [0.4, 0.5) is 0 Å². The molecule has 5 heteroatoms. The van der Waals surface area contributed by atoms with Crippen LogP contribution in [-0.4, -0.2) is 46.1 Å². The van der Waals surface area contributed by atoms with Crippen molar-refractivity contribution in [1.29, 1.82) is 0 Å². The van der Waals surface area contributed by atoms with Crippen LogP contribution in [0.1, 0.15) is 194 Å². The van der Waals surface area contributed by atoms with E-state index < -0.39 is 24.2 Å². The summed E-state index contributed by atoms with van der Waals surface area (Å²) in [6, 6.07) is -0.814. The first-order valence-corrected chi connectivity index (χ1v) is 20.5. The molecule has 4 N–H and O–H groups in total. The zero-order valence-electron chi connectivity index (χ0n) is 31.6. The summed E-state index contributed by atoms with van der Waals surface area (Å²) in [6.45, 7) is 4.05. The summed E-state index contributed by atoms with van der Waals surface area (Å²) in [5.41, 5.74) is 0. The normalized spacial score (nSPS) is 14.2. The molecule has 0 aromatic carbocycles. The van der Waals surface area contributed by atoms with Crippen molar-refractivity contribution in [2.24, 2.45) is 0 Å². The Balaban J connectivity index is 3.72. The lowest BCUT2D eigenvalue weighted by Gasteiger charge is -2.21. The van der Waals surface area contributed by atoms with Crippen molar-refractivity contribution in [3.8, 4) is 0 Å². The molecule has 0 aromatic heterocycles. The lowest BCUT2D eigenvalue weighted by atomic mass is 10.0. The van der Waals surface area contributed by atoms with Crippen molar-refractivity contribution >= 4 is 5.91 Å². The highest BCUT2D eigenvalue weighted by atomic mass is 16.3. The maximum absolute atomic E-state index is 12.4. The molecular formula is C43H79NO4. The van der Waals surface area contributed by atoms with E-state index in [1.165, 1.54) is 122 Å². The standard InChI is InChI=1S/C43H79NO4/c1-3-5-7-9-11-13-15-17-19-20-21-22-23-24-26-28-30-32-34-36-38-42(47)43(48)44-40(39-45)41(46)37-35-33-31-29-27-25-18-16-14-12-10-8-6-4-2/h5,7,11,13,27,29,35,37,40-42,45-47H,3-4,6,8-10,12,14-26,28,30-34,36,38-39H2,1-2H3,(H,44,48)/b7-5-,13-11-,29-27+,37-35+. The second-order valence-corrected chi connectivity index (χ2v) is 13.8. The molecule has 0 aliphatic rings. The molecule has 3 unspecified atom stereocenters. The molecule has 0 saturated carbocycles. The SMILES string of the molecule is CC/C=C\C/C=C\CCCCCCCCCCCCCCCC(O)C(=O)NC(CO)C(O)/C=C/CC/C=C/CCCCCCCCCC. The Labute approximate surface area is 297 Å². The third-order valence-electron chi connectivity index (χ3n) is 9.15. The number of unbranched alkanes of at least 4 members (excludes halogenated alkanes) is 22. The number of nitrogens with one attached hydrogen (secondary N) is 1. The number of aliphatic hydroxyl groups is 3. The molecule has 0 heterocycles. The Hall–Kier alpha value is -1.69. The maximum atomic E-state index is 12.4. The first kappa shape index (κ1) is 46.3. The fourth-order valence-corrected chi connectivity index (χ4v) is 5.94. The van der Waals surface area contributed by atoms with Crippen LogP contribution in [0.15, 0.2) is 48.6 Å². The molecule has 0 aliphatic heterocycles. The van der Waals surface area contributed by atoms with Gasteiger partial charge in [0.1, 0.15) is 6.10 Å². The van der Waals surface area contributed by atoms with E-state index in [9.17, 15) is 20.1 Å². The van der Waals surface area contributed by atoms with Gasteiger partial charge in [-0.15, -0.1) is 0 Å². The predicted octanol–water partition coefficient (Wildman–Crippen LogP) is 11.4. The van der Waals surface area contributed by atoms with Gasteiger partial charge in [-0.1, -0.05) is 184 Å². The fourth-order valence-electron chi connectivity index (χ4n) is 5.94. The first-order chi connectivity index (χ1) is 23.6. The van der Waals surface area contributed by atoms with Gasteiger partial charge in [-0.05, 0) is 57.8 Å². The molecule has 3 atom stereocenters. The van der Waals surface area contributed by atoms with Gasteiger partial charge < -0.3 is 20.6 Å². The van der Waals surface area contributed by atoms with Gasteiger partial charge in [0.2, 0.25) is 5.91 Å². The maximum Gasteiger partial charge on any atom is 0.249 e. The number of hydrogen-bond donors (Lipinski definition) is 4. The third-order valence-corrected chi connectivity index (χ3v) is 9.15. The van der Waals surface area contributed by atoms with E-state index in [2.05, 4.69) is 55.6 Å². The molecule has 1 amide bonds. The van der Waals surface area contributed by atoms with Gasteiger partial charge in [0.25, 0.3) is 0 Å². The van der Waals surface area contributed by atoms with Gasteiger partial charge >= 0.3 is 0 Å². The van der Waals surface area contributed by atoms with E-state index in [4.69, 9.17) is 0 Å². The second-order valence-electron chi connectivity index (χ2n) is 13.8. The van der Waals surface area contributed by atoms with Crippen molar-refractivity contribution in [3.63, 3.8) is 0 Å². The monoisotopic (exact) mass is 674 g/mol. The minimum atomic E-state index is -1.11. The zero-order valence-corrected chi connectivity index (χ0v) is 31.6. The number of carbonyl (C=O) groups excluding carboxylic acids is 1. The molecule has 5 nitrogen and oxygen atoms in total. The van der Waals surface area contributed by atoms with Crippen LogP contribution in [0, 0.1) is 0 Å². The van der Waals surface area contributed by atoms with Gasteiger partial charge in [0.15, 0.2) is 0 Å². The highest BCUT2D eigenvalue weighted by Gasteiger charge is 2.22. The van der Waals surface area contributed by atoms with Crippen LogP contribution < -0.4 is 5.32 Å². The summed E-state index contributed by atoms with van der Waals surface area (Å²) in [5.74, 6) is -0.516. The molecule has 0 saturated heterocycles. The van der Waals surface area contributed by atoms with E-state index in [-0.39, 0.29) is 6.61 Å². The molecule has 0 aromatic rings. The van der Waals surface area contributed by atoms with Crippen LogP contribution in [0.5, 0.6) is 0 Å². The number of hydrogen-bond acceptors (Lipinski definition) is 4. The Morgan fingerprint density at radius 2 is 0.979 bits per heavy atom. The Kier molecular flexibility index (Phi) is 36.8. The second kappa shape index (κ2) is 38.1. The molecule has 48 heavy (non-hydrogen) atoms. The van der Waals surface area contributed by atoms with Crippen LogP contribution in [0.3, 0.4) is 0 Å². The van der Waals surface area contributed by atoms with E-state index in [1.54, 1.807) is 6.08 Å². The number of aliphatic hydroxyl groups excluding tert-OH is 3. The van der Waals surface area contributed by atoms with E-state index in [1.807, 2.05) is 6.08 Å². The first-order valence-electron chi connectivity index (χ1n) is 20.5. The lowest BCUT2D eigenvalue weighted by Crippen LogP contribution is -2.48. The lowest BCUT2D eigenvalue weighted by molar-refractivity contribution is -0.131. The molecule has 0 radical (unpaired) electrons. The third kappa shape index (κ3) is 32.8. The minimum absolute atomic E-state index is 0.377. The van der Waals surface area contributed by atoms with E-state index in [0.29, 0.717) is 6.42 Å². The number of carbonyl (C=O) groups is 1. The minimum Gasteiger partial charge on any atom is -0.394 e. The van der Waals surface area contributed by atoms with Crippen LogP contribution >= 0.6 is 0 Å². The molecule has 280 valence electrons. The number of allylic oxidation sites excluding steroid dienone is 7. The Morgan fingerprint density at radius 1 is 0.542 bits per heavy atom. The molecule has 0 rings (SSSR count). The van der Waals surface area contributed by atoms with Crippen molar-refractivity contribution in [3.05, 3.63) is 48.6 Å². The van der Waals surface area contributed by atoms with Crippen LogP contribution in [0.2, 0.25) is 0 Å². The van der Waals surface area contributed by atoms with Gasteiger partial charge in [-0.25, -0.2) is 0 Å². The Bertz CT molecular complexity index is 790. The van der Waals surface area contributed by atoms with Crippen LogP contribution in [-0.2, 0) is 4.79 Å². The molecule has 0 aliphatic carbocycles. The quantitative estimate of drug-likeness (QED) is 0.0393. The van der Waals surface area contributed by atoms with Gasteiger partial charge in [0.05, 0.1) is 18.8 Å². The summed E-state index contributed by atoms with van der Waals surface area (Å²) >= 11 is 0. The highest BCUT2D eigenvalue weighted by Crippen LogP contribution is 2.15. The summed E-state index contributed by atoms with van der Waals surface area (Å²) < 4.78 is 0. The van der Waals surface area contributed by atoms with Crippen LogP contribution in [0.25, 0.3) is 0 Å². The highest BCUT2D eigenvalue weighted by molar-refractivity contribution is 5.80. The average molecular weight is 674 g/mol. The molecule has 0 fully saturated rings. The molecule has 0 bridgehead atoms. The zero-order chi connectivity index (χ0) is 35.2. The van der Waals surface area contributed by atoms with Gasteiger partial charge in [-0.3, -0.25) is 4.79 Å². The summed E-state index contributed by atoms with van der Waals surface area (Å²) in [7, 11) is 0. The largest absolute Gasteiger partial charge is 0.394 e. The van der Waals surface area contributed by atoms with Gasteiger partial charge in [0, 0.05) is 0 Å². The van der Waals surface area contributed by atoms with Crippen molar-refractivity contribution < 1.29 is 20.1 Å². The van der Waals surface area contributed by atoms with E-state index >= 15 is 0 Å². The predicted molar refractivity (Wildman–Crippen MR) is 208 cm³/mol. The fraction of sp³-hybridized carbons (Fsp3) is 0.791. The summed E-state index contributed by atoms with van der Waals surface area (Å²) in [4.78, 5) is 12.4. The van der Waals surface area contributed by atoms with Crippen molar-refractivity contribution in [2.45, 2.75) is 212 Å². The number of rotatable bonds is 36. The average Bonchev–Trinajstić information content (AvgIpc) is 3.09. The summed E-state index contributed by atoms with van der Waals surface area (Å²) in [5, 5.41) is 33.0. The van der Waals surface area contributed by atoms with E-state index in [0.717, 1.165) is 51.4 Å². The Morgan fingerprint density at radius 3 is 1.50 bits per heavy atom. The molecule has 0 spiro atoms. The number of amides is 1. The molecular weight excluding hydrogens is 594 g/mol.